The average molecular weight is 504 g/mol. The minimum absolute atomic E-state index is 0.297. The Morgan fingerprint density at radius 2 is 1.64 bits per heavy atom. The molecule has 0 aromatic heterocycles. The van der Waals surface area contributed by atoms with Crippen molar-refractivity contribution < 1.29 is 23.9 Å². The number of ether oxygens (including phenoxy) is 2. The van der Waals surface area contributed by atoms with Crippen LogP contribution in [0.1, 0.15) is 69.2 Å². The first-order valence-electron chi connectivity index (χ1n) is 8.91. The number of amides is 2. The number of primary amides is 1. The Bertz CT molecular complexity index is 750. The summed E-state index contributed by atoms with van der Waals surface area (Å²) in [5.74, 6) is -1.63. The van der Waals surface area contributed by atoms with Gasteiger partial charge in [0, 0.05) is 9.13 Å². The number of hydrogen-bond acceptors (Lipinski definition) is 5. The largest absolute Gasteiger partial charge is 0.458 e. The van der Waals surface area contributed by atoms with Gasteiger partial charge in [0.25, 0.3) is 5.91 Å². The van der Waals surface area contributed by atoms with Crippen molar-refractivity contribution in [2.24, 2.45) is 5.73 Å². The predicted octanol–water partition coefficient (Wildman–Crippen LogP) is 3.03. The highest BCUT2D eigenvalue weighted by Crippen LogP contribution is 2.18. The summed E-state index contributed by atoms with van der Waals surface area (Å²) in [5.41, 5.74) is 4.70. The lowest BCUT2D eigenvalue weighted by Gasteiger charge is -2.32. The van der Waals surface area contributed by atoms with Gasteiger partial charge in [0.1, 0.15) is 5.60 Å². The predicted molar refractivity (Wildman–Crippen MR) is 115 cm³/mol. The molecule has 28 heavy (non-hydrogen) atoms. The van der Waals surface area contributed by atoms with Crippen LogP contribution in [0.2, 0.25) is 0 Å². The third-order valence-corrected chi connectivity index (χ3v) is 4.35. The number of hydrogen-bond donors (Lipinski definition) is 2. The molecule has 0 saturated carbocycles. The molecule has 2 atom stereocenters. The van der Waals surface area contributed by atoms with Crippen LogP contribution in [-0.2, 0) is 14.3 Å². The SMILES string of the molecule is C[C@@H](OC(C)(C)C)[C@H](NC(=O)c1ccc(C(N)=O)c(I)c1)C(=O)OC(C)(C)C. The molecular weight excluding hydrogens is 475 g/mol. The van der Waals surface area contributed by atoms with Gasteiger partial charge in [0.2, 0.25) is 5.91 Å². The minimum atomic E-state index is -1.00. The second-order valence-corrected chi connectivity index (χ2v) is 9.64. The van der Waals surface area contributed by atoms with E-state index in [1.807, 2.05) is 43.4 Å². The lowest BCUT2D eigenvalue weighted by molar-refractivity contribution is -0.164. The minimum Gasteiger partial charge on any atom is -0.458 e. The Balaban J connectivity index is 3.10. The molecule has 1 aromatic rings. The second-order valence-electron chi connectivity index (χ2n) is 8.48. The summed E-state index contributed by atoms with van der Waals surface area (Å²) in [5, 5.41) is 2.70. The van der Waals surface area contributed by atoms with Crippen LogP contribution >= 0.6 is 22.6 Å². The Hall–Kier alpha value is -1.68. The molecular formula is C20H29IN2O5. The standard InChI is InChI=1S/C20H29IN2O5/c1-11(27-19(2,3)4)15(18(26)28-20(5,6)7)23-17(25)12-8-9-13(16(22)24)14(21)10-12/h8-11,15H,1-7H3,(H2,22,24)(H,23,25)/t11-,15+/m1/s1. The van der Waals surface area contributed by atoms with Crippen molar-refractivity contribution in [3.05, 3.63) is 32.9 Å². The topological polar surface area (TPSA) is 108 Å². The van der Waals surface area contributed by atoms with E-state index in [0.29, 0.717) is 14.7 Å². The molecule has 0 aliphatic carbocycles. The highest BCUT2D eigenvalue weighted by atomic mass is 127. The molecule has 0 aliphatic heterocycles. The summed E-state index contributed by atoms with van der Waals surface area (Å²) in [6.45, 7) is 12.6. The van der Waals surface area contributed by atoms with Crippen LogP contribution < -0.4 is 11.1 Å². The number of nitrogens with one attached hydrogen (secondary N) is 1. The maximum absolute atomic E-state index is 12.7. The molecule has 0 unspecified atom stereocenters. The molecule has 1 rings (SSSR count). The highest BCUT2D eigenvalue weighted by Gasteiger charge is 2.34. The monoisotopic (exact) mass is 504 g/mol. The van der Waals surface area contributed by atoms with E-state index in [0.717, 1.165) is 0 Å². The third kappa shape index (κ3) is 7.75. The molecule has 0 bridgehead atoms. The lowest BCUT2D eigenvalue weighted by Crippen LogP contribution is -2.52. The summed E-state index contributed by atoms with van der Waals surface area (Å²) < 4.78 is 11.9. The van der Waals surface area contributed by atoms with E-state index in [2.05, 4.69) is 5.32 Å². The first kappa shape index (κ1) is 24.4. The second kappa shape index (κ2) is 9.21. The van der Waals surface area contributed by atoms with Crippen LogP contribution in [-0.4, -0.2) is 41.1 Å². The number of esters is 1. The number of nitrogens with two attached hydrogens (primary N) is 1. The first-order chi connectivity index (χ1) is 12.6. The summed E-state index contributed by atoms with van der Waals surface area (Å²) in [7, 11) is 0. The van der Waals surface area contributed by atoms with Crippen LogP contribution in [0.15, 0.2) is 18.2 Å². The van der Waals surface area contributed by atoms with Gasteiger partial charge in [-0.3, -0.25) is 9.59 Å². The van der Waals surface area contributed by atoms with Crippen molar-refractivity contribution in [1.29, 1.82) is 0 Å². The van der Waals surface area contributed by atoms with Crippen LogP contribution in [0.3, 0.4) is 0 Å². The Labute approximate surface area is 179 Å². The van der Waals surface area contributed by atoms with Gasteiger partial charge in [-0.1, -0.05) is 0 Å². The summed E-state index contributed by atoms with van der Waals surface area (Å²) >= 11 is 1.93. The zero-order valence-electron chi connectivity index (χ0n) is 17.4. The van der Waals surface area contributed by atoms with Crippen molar-refractivity contribution in [2.45, 2.75) is 71.8 Å². The van der Waals surface area contributed by atoms with E-state index in [4.69, 9.17) is 15.2 Å². The molecule has 0 aliphatic rings. The van der Waals surface area contributed by atoms with Gasteiger partial charge in [-0.2, -0.15) is 0 Å². The average Bonchev–Trinajstić information content (AvgIpc) is 2.48. The van der Waals surface area contributed by atoms with Crippen molar-refractivity contribution >= 4 is 40.4 Å². The van der Waals surface area contributed by atoms with E-state index < -0.39 is 41.1 Å². The fraction of sp³-hybridized carbons (Fsp3) is 0.550. The van der Waals surface area contributed by atoms with Crippen LogP contribution in [0.25, 0.3) is 0 Å². The fourth-order valence-corrected chi connectivity index (χ4v) is 3.22. The van der Waals surface area contributed by atoms with Gasteiger partial charge in [-0.05, 0) is 89.3 Å². The van der Waals surface area contributed by atoms with Crippen LogP contribution in [0.5, 0.6) is 0 Å². The zero-order chi connectivity index (χ0) is 21.9. The number of halogens is 1. The number of benzene rings is 1. The van der Waals surface area contributed by atoms with Crippen molar-refractivity contribution in [2.75, 3.05) is 0 Å². The number of rotatable bonds is 6. The van der Waals surface area contributed by atoms with Gasteiger partial charge in [0.15, 0.2) is 6.04 Å². The Morgan fingerprint density at radius 3 is 2.07 bits per heavy atom. The van der Waals surface area contributed by atoms with Gasteiger partial charge >= 0.3 is 5.97 Å². The Kier molecular flexibility index (Phi) is 8.01. The molecule has 7 nitrogen and oxygen atoms in total. The van der Waals surface area contributed by atoms with Crippen LogP contribution in [0, 0.1) is 3.57 Å². The van der Waals surface area contributed by atoms with Crippen molar-refractivity contribution in [3.63, 3.8) is 0 Å². The molecule has 1 aromatic carbocycles. The summed E-state index contributed by atoms with van der Waals surface area (Å²) in [6.07, 6.45) is -0.622. The molecule has 156 valence electrons. The molecule has 0 fully saturated rings. The molecule has 0 radical (unpaired) electrons. The molecule has 3 N–H and O–H groups in total. The quantitative estimate of drug-likeness (QED) is 0.458. The van der Waals surface area contributed by atoms with Gasteiger partial charge in [-0.25, -0.2) is 4.79 Å². The molecule has 0 heterocycles. The number of carbonyl (C=O) groups is 3. The Morgan fingerprint density at radius 1 is 1.07 bits per heavy atom. The van der Waals surface area contributed by atoms with Crippen molar-refractivity contribution in [1.82, 2.24) is 5.32 Å². The van der Waals surface area contributed by atoms with E-state index in [1.165, 1.54) is 18.2 Å². The maximum atomic E-state index is 12.7. The summed E-state index contributed by atoms with van der Waals surface area (Å²) in [4.78, 5) is 36.8. The highest BCUT2D eigenvalue weighted by molar-refractivity contribution is 14.1. The zero-order valence-corrected chi connectivity index (χ0v) is 19.5. The van der Waals surface area contributed by atoms with Gasteiger partial charge in [0.05, 0.1) is 17.3 Å². The normalized spacial score (nSPS) is 14.1. The van der Waals surface area contributed by atoms with Crippen molar-refractivity contribution in [3.8, 4) is 0 Å². The molecule has 2 amide bonds. The fourth-order valence-electron chi connectivity index (χ4n) is 2.44. The van der Waals surface area contributed by atoms with Gasteiger partial charge in [-0.15, -0.1) is 0 Å². The van der Waals surface area contributed by atoms with E-state index in [9.17, 15) is 14.4 Å². The third-order valence-electron chi connectivity index (χ3n) is 3.45. The van der Waals surface area contributed by atoms with E-state index in [-0.39, 0.29) is 0 Å². The molecule has 8 heteroatoms. The lowest BCUT2D eigenvalue weighted by atomic mass is 10.1. The summed E-state index contributed by atoms with van der Waals surface area (Å²) in [6, 6.07) is 3.51. The molecule has 0 spiro atoms. The number of carbonyl (C=O) groups excluding carboxylic acids is 3. The van der Waals surface area contributed by atoms with Crippen LogP contribution in [0.4, 0.5) is 0 Å². The first-order valence-corrected chi connectivity index (χ1v) is 9.99. The maximum Gasteiger partial charge on any atom is 0.331 e. The van der Waals surface area contributed by atoms with E-state index in [1.54, 1.807) is 27.7 Å². The van der Waals surface area contributed by atoms with Gasteiger partial charge < -0.3 is 20.5 Å². The molecule has 0 saturated heterocycles. The smallest absolute Gasteiger partial charge is 0.331 e. The van der Waals surface area contributed by atoms with E-state index >= 15 is 0 Å².